The number of carbonyl (C=O) groups excluding carboxylic acids is 1. The smallest absolute Gasteiger partial charge is 0.291 e. The van der Waals surface area contributed by atoms with E-state index < -0.39 is 5.91 Å². The van der Waals surface area contributed by atoms with Gasteiger partial charge in [0.2, 0.25) is 5.88 Å². The Morgan fingerprint density at radius 2 is 1.84 bits per heavy atom. The molecule has 9 heteroatoms. The van der Waals surface area contributed by atoms with Gasteiger partial charge in [0, 0.05) is 29.5 Å². The Balaban J connectivity index is 1.74. The molecule has 2 heterocycles. The molecule has 0 aliphatic heterocycles. The average molecular weight is 421 g/mol. The van der Waals surface area contributed by atoms with E-state index in [1.807, 2.05) is 19.9 Å². The molecule has 1 aromatic carbocycles. The fourth-order valence-electron chi connectivity index (χ4n) is 2.76. The molecule has 3 rings (SSSR count). The molecule has 2 aromatic heterocycles. The quantitative estimate of drug-likeness (QED) is 0.440. The van der Waals surface area contributed by atoms with E-state index in [0.29, 0.717) is 35.2 Å². The summed E-state index contributed by atoms with van der Waals surface area (Å²) in [5, 5.41) is 3.99. The second-order valence-corrected chi connectivity index (χ2v) is 6.41. The fraction of sp³-hybridized carbons (Fsp3) is 0.227. The van der Waals surface area contributed by atoms with Gasteiger partial charge < -0.3 is 14.2 Å². The Morgan fingerprint density at radius 3 is 2.48 bits per heavy atom. The molecule has 0 unspecified atom stereocenters. The Kier molecular flexibility index (Phi) is 7.10. The van der Waals surface area contributed by atoms with Crippen molar-refractivity contribution in [2.75, 3.05) is 20.8 Å². The molecule has 1 N–H and O–H groups in total. The van der Waals surface area contributed by atoms with Crippen molar-refractivity contribution in [3.8, 4) is 28.6 Å². The number of carbonyl (C=O) groups is 1. The van der Waals surface area contributed by atoms with Crippen molar-refractivity contribution in [1.82, 2.24) is 20.4 Å². The van der Waals surface area contributed by atoms with Gasteiger partial charge in [0.05, 0.1) is 45.1 Å². The van der Waals surface area contributed by atoms with Crippen LogP contribution in [-0.2, 0) is 0 Å². The molecule has 160 valence electrons. The van der Waals surface area contributed by atoms with Gasteiger partial charge in [-0.25, -0.2) is 15.4 Å². The Labute approximate surface area is 180 Å². The lowest BCUT2D eigenvalue weighted by atomic mass is 10.1. The number of benzene rings is 1. The lowest BCUT2D eigenvalue weighted by Crippen LogP contribution is -2.19. The second-order valence-electron chi connectivity index (χ2n) is 6.41. The van der Waals surface area contributed by atoms with E-state index in [2.05, 4.69) is 25.5 Å². The van der Waals surface area contributed by atoms with Gasteiger partial charge in [0.25, 0.3) is 5.91 Å². The lowest BCUT2D eigenvalue weighted by Gasteiger charge is -2.08. The first-order chi connectivity index (χ1) is 15.0. The van der Waals surface area contributed by atoms with E-state index >= 15 is 0 Å². The van der Waals surface area contributed by atoms with Crippen LogP contribution in [0, 0.1) is 6.92 Å². The molecule has 0 aliphatic carbocycles. The molecule has 0 radical (unpaired) electrons. The van der Waals surface area contributed by atoms with Gasteiger partial charge in [-0.15, -0.1) is 0 Å². The molecular formula is C22H23N5O4. The first-order valence-electron chi connectivity index (χ1n) is 9.52. The van der Waals surface area contributed by atoms with Crippen LogP contribution in [0.3, 0.4) is 0 Å². The number of amides is 1. The maximum atomic E-state index is 12.5. The van der Waals surface area contributed by atoms with Gasteiger partial charge in [0.1, 0.15) is 17.2 Å². The maximum Gasteiger partial charge on any atom is 0.291 e. The van der Waals surface area contributed by atoms with Crippen molar-refractivity contribution in [3.63, 3.8) is 0 Å². The summed E-state index contributed by atoms with van der Waals surface area (Å²) in [6.07, 6.45) is 6.09. The van der Waals surface area contributed by atoms with E-state index in [1.165, 1.54) is 12.4 Å². The zero-order valence-electron chi connectivity index (χ0n) is 17.7. The molecule has 0 saturated carbocycles. The van der Waals surface area contributed by atoms with Gasteiger partial charge in [-0.05, 0) is 31.5 Å². The molecule has 31 heavy (non-hydrogen) atoms. The van der Waals surface area contributed by atoms with E-state index in [0.717, 1.165) is 11.1 Å². The minimum atomic E-state index is -0.489. The molecule has 0 spiro atoms. The van der Waals surface area contributed by atoms with Crippen LogP contribution in [0.15, 0.2) is 48.0 Å². The predicted octanol–water partition coefficient (Wildman–Crippen LogP) is 3.03. The van der Waals surface area contributed by atoms with Crippen LogP contribution in [0.25, 0.3) is 11.3 Å². The minimum absolute atomic E-state index is 0.131. The number of nitrogens with one attached hydrogen (secondary N) is 1. The molecule has 9 nitrogen and oxygen atoms in total. The lowest BCUT2D eigenvalue weighted by molar-refractivity contribution is 0.0950. The Hall–Kier alpha value is -4.01. The van der Waals surface area contributed by atoms with Gasteiger partial charge in [0.15, 0.2) is 0 Å². The molecule has 0 atom stereocenters. The summed E-state index contributed by atoms with van der Waals surface area (Å²) in [4.78, 5) is 25.3. The van der Waals surface area contributed by atoms with Gasteiger partial charge >= 0.3 is 0 Å². The highest BCUT2D eigenvalue weighted by Gasteiger charge is 2.12. The predicted molar refractivity (Wildman–Crippen MR) is 116 cm³/mol. The van der Waals surface area contributed by atoms with Crippen LogP contribution in [0.4, 0.5) is 0 Å². The van der Waals surface area contributed by atoms with Crippen molar-refractivity contribution in [3.05, 3.63) is 59.7 Å². The van der Waals surface area contributed by atoms with Crippen LogP contribution >= 0.6 is 0 Å². The first kappa shape index (κ1) is 21.7. The summed E-state index contributed by atoms with van der Waals surface area (Å²) in [7, 11) is 3.12. The number of methoxy groups -OCH3 is 2. The summed E-state index contributed by atoms with van der Waals surface area (Å²) >= 11 is 0. The van der Waals surface area contributed by atoms with Crippen LogP contribution in [0.1, 0.15) is 28.5 Å². The fourth-order valence-corrected chi connectivity index (χ4v) is 2.76. The number of ether oxygens (including phenoxy) is 3. The molecule has 3 aromatic rings. The summed E-state index contributed by atoms with van der Waals surface area (Å²) in [6.45, 7) is 4.34. The zero-order valence-corrected chi connectivity index (χ0v) is 17.7. The average Bonchev–Trinajstić information content (AvgIpc) is 2.79. The molecule has 0 aliphatic rings. The highest BCUT2D eigenvalue weighted by atomic mass is 16.5. The van der Waals surface area contributed by atoms with E-state index in [-0.39, 0.29) is 5.69 Å². The van der Waals surface area contributed by atoms with E-state index in [9.17, 15) is 4.79 Å². The third-order valence-corrected chi connectivity index (χ3v) is 4.27. The molecular weight excluding hydrogens is 398 g/mol. The number of nitrogens with zero attached hydrogens (tertiary/aromatic N) is 4. The van der Waals surface area contributed by atoms with Crippen LogP contribution in [0.2, 0.25) is 0 Å². The van der Waals surface area contributed by atoms with E-state index in [1.54, 1.807) is 44.8 Å². The topological polar surface area (TPSA) is 108 Å². The monoisotopic (exact) mass is 421 g/mol. The van der Waals surface area contributed by atoms with Crippen molar-refractivity contribution in [2.45, 2.75) is 13.8 Å². The largest absolute Gasteiger partial charge is 0.497 e. The molecule has 0 saturated heterocycles. The van der Waals surface area contributed by atoms with Crippen LogP contribution in [0.5, 0.6) is 17.4 Å². The highest BCUT2D eigenvalue weighted by molar-refractivity contribution is 5.93. The SMILES string of the molecule is CCOc1cc(C)c(-c2cncc(C(=O)N/N=C/c3cc(OC)cc(OC)c3)n2)cn1. The second kappa shape index (κ2) is 10.1. The first-order valence-corrected chi connectivity index (χ1v) is 9.52. The third-order valence-electron chi connectivity index (χ3n) is 4.27. The Morgan fingerprint density at radius 1 is 1.10 bits per heavy atom. The zero-order chi connectivity index (χ0) is 22.2. The number of hydrazone groups is 1. The summed E-state index contributed by atoms with van der Waals surface area (Å²) in [5.74, 6) is 1.28. The third kappa shape index (κ3) is 5.53. The Bertz CT molecular complexity index is 1080. The van der Waals surface area contributed by atoms with Gasteiger partial charge in [-0.3, -0.25) is 9.78 Å². The number of pyridine rings is 1. The van der Waals surface area contributed by atoms with E-state index in [4.69, 9.17) is 14.2 Å². The van der Waals surface area contributed by atoms with Crippen molar-refractivity contribution >= 4 is 12.1 Å². The van der Waals surface area contributed by atoms with Crippen LogP contribution in [-0.4, -0.2) is 47.9 Å². The number of hydrogen-bond donors (Lipinski definition) is 1. The maximum absolute atomic E-state index is 12.5. The summed E-state index contributed by atoms with van der Waals surface area (Å²) < 4.78 is 15.8. The summed E-state index contributed by atoms with van der Waals surface area (Å²) in [6, 6.07) is 7.09. The number of aromatic nitrogens is 3. The van der Waals surface area contributed by atoms with Crippen molar-refractivity contribution < 1.29 is 19.0 Å². The molecule has 0 fully saturated rings. The number of rotatable bonds is 8. The van der Waals surface area contributed by atoms with Gasteiger partial charge in [-0.2, -0.15) is 5.10 Å². The summed E-state index contributed by atoms with van der Waals surface area (Å²) in [5.41, 5.74) is 5.49. The number of hydrogen-bond acceptors (Lipinski definition) is 8. The standard InChI is InChI=1S/C22H23N5O4/c1-5-31-21-6-14(2)18(11-24-21)19-12-23-13-20(26-19)22(28)27-25-10-15-7-16(29-3)9-17(8-15)30-4/h6-13H,5H2,1-4H3,(H,27,28)/b25-10+. The van der Waals surface area contributed by atoms with Crippen LogP contribution < -0.4 is 19.6 Å². The van der Waals surface area contributed by atoms with Gasteiger partial charge in [-0.1, -0.05) is 0 Å². The minimum Gasteiger partial charge on any atom is -0.497 e. The normalized spacial score (nSPS) is 10.7. The van der Waals surface area contributed by atoms with Crippen molar-refractivity contribution in [2.24, 2.45) is 5.10 Å². The van der Waals surface area contributed by atoms with Crippen molar-refractivity contribution in [1.29, 1.82) is 0 Å². The number of aryl methyl sites for hydroxylation is 1. The molecule has 1 amide bonds. The highest BCUT2D eigenvalue weighted by Crippen LogP contribution is 2.23. The molecule has 0 bridgehead atoms.